The second kappa shape index (κ2) is 6.75. The number of rotatable bonds is 5. The van der Waals surface area contributed by atoms with Gasteiger partial charge in [0, 0.05) is 0 Å². The maximum absolute atomic E-state index is 11.2. The third-order valence-corrected chi connectivity index (χ3v) is 4.09. The van der Waals surface area contributed by atoms with Gasteiger partial charge in [-0.25, -0.2) is 0 Å². The molecule has 1 fully saturated rings. The highest BCUT2D eigenvalue weighted by Gasteiger charge is 2.25. The van der Waals surface area contributed by atoms with Gasteiger partial charge in [0.15, 0.2) is 17.8 Å². The maximum Gasteiger partial charge on any atom is 0.172 e. The highest BCUT2D eigenvalue weighted by Crippen LogP contribution is 2.33. The van der Waals surface area contributed by atoms with Crippen molar-refractivity contribution in [1.82, 2.24) is 4.90 Å². The number of para-hydroxylation sites is 1. The Morgan fingerprint density at radius 2 is 2.05 bits per heavy atom. The number of methoxy groups -OCH3 is 1. The van der Waals surface area contributed by atoms with Gasteiger partial charge in [0.25, 0.3) is 0 Å². The number of aldehydes is 1. The van der Waals surface area contributed by atoms with E-state index in [9.17, 15) is 4.79 Å². The van der Waals surface area contributed by atoms with E-state index >= 15 is 0 Å². The molecule has 4 heteroatoms. The Balaban J connectivity index is 2.10. The molecule has 0 radical (unpaired) electrons. The van der Waals surface area contributed by atoms with Crippen molar-refractivity contribution < 1.29 is 14.3 Å². The van der Waals surface area contributed by atoms with E-state index in [1.54, 1.807) is 19.2 Å². The zero-order valence-corrected chi connectivity index (χ0v) is 12.5. The van der Waals surface area contributed by atoms with Gasteiger partial charge in [0.1, 0.15) is 0 Å². The molecule has 1 atom stereocenters. The van der Waals surface area contributed by atoms with E-state index in [2.05, 4.69) is 18.9 Å². The molecule has 1 aliphatic rings. The minimum atomic E-state index is 0.0821. The molecule has 1 saturated heterocycles. The molecule has 0 saturated carbocycles. The molecule has 0 bridgehead atoms. The van der Waals surface area contributed by atoms with Gasteiger partial charge in [-0.15, -0.1) is 0 Å². The number of ether oxygens (including phenoxy) is 2. The number of nitrogens with zero attached hydrogens (tertiary/aromatic N) is 1. The zero-order chi connectivity index (χ0) is 14.5. The standard InChI is InChI=1S/C16H23NO3/c1-12(13-7-9-17(2)10-8-13)20-16-14(11-18)5-4-6-15(16)19-3/h4-6,11-13H,7-10H2,1-3H3. The van der Waals surface area contributed by atoms with E-state index in [1.165, 1.54) is 0 Å². The number of carbonyl (C=O) groups excluding carboxylic acids is 1. The van der Waals surface area contributed by atoms with Crippen LogP contribution in [0.2, 0.25) is 0 Å². The van der Waals surface area contributed by atoms with Crippen LogP contribution in [0.1, 0.15) is 30.1 Å². The molecule has 0 aliphatic carbocycles. The lowest BCUT2D eigenvalue weighted by molar-refractivity contribution is 0.0930. The lowest BCUT2D eigenvalue weighted by atomic mass is 9.92. The average molecular weight is 277 g/mol. The van der Waals surface area contributed by atoms with Gasteiger partial charge < -0.3 is 14.4 Å². The second-order valence-corrected chi connectivity index (χ2v) is 5.46. The first kappa shape index (κ1) is 14.9. The van der Waals surface area contributed by atoms with Crippen molar-refractivity contribution in [3.05, 3.63) is 23.8 Å². The lowest BCUT2D eigenvalue weighted by Gasteiger charge is -2.33. The van der Waals surface area contributed by atoms with Gasteiger partial charge in [0.05, 0.1) is 18.8 Å². The summed E-state index contributed by atoms with van der Waals surface area (Å²) in [5, 5.41) is 0. The molecule has 110 valence electrons. The Hall–Kier alpha value is -1.55. The van der Waals surface area contributed by atoms with E-state index in [0.717, 1.165) is 32.2 Å². The van der Waals surface area contributed by atoms with Gasteiger partial charge in [-0.2, -0.15) is 0 Å². The molecule has 0 amide bonds. The third-order valence-electron chi connectivity index (χ3n) is 4.09. The van der Waals surface area contributed by atoms with Crippen molar-refractivity contribution in [2.45, 2.75) is 25.9 Å². The Morgan fingerprint density at radius 3 is 2.65 bits per heavy atom. The van der Waals surface area contributed by atoms with Crippen LogP contribution in [0.5, 0.6) is 11.5 Å². The summed E-state index contributed by atoms with van der Waals surface area (Å²) in [6, 6.07) is 5.38. The summed E-state index contributed by atoms with van der Waals surface area (Å²) >= 11 is 0. The molecule has 1 unspecified atom stereocenters. The van der Waals surface area contributed by atoms with Crippen molar-refractivity contribution in [2.75, 3.05) is 27.2 Å². The Labute approximate surface area is 120 Å². The molecule has 0 spiro atoms. The summed E-state index contributed by atoms with van der Waals surface area (Å²) in [5.74, 6) is 1.71. The summed E-state index contributed by atoms with van der Waals surface area (Å²) in [5.41, 5.74) is 0.545. The van der Waals surface area contributed by atoms with E-state index in [1.807, 2.05) is 6.07 Å². The van der Waals surface area contributed by atoms with Crippen molar-refractivity contribution in [1.29, 1.82) is 0 Å². The largest absolute Gasteiger partial charge is 0.493 e. The first-order chi connectivity index (χ1) is 9.65. The summed E-state index contributed by atoms with van der Waals surface area (Å²) in [7, 11) is 3.74. The molecule has 0 aromatic heterocycles. The monoisotopic (exact) mass is 277 g/mol. The lowest BCUT2D eigenvalue weighted by Crippen LogP contribution is -2.36. The van der Waals surface area contributed by atoms with Crippen molar-refractivity contribution in [2.24, 2.45) is 5.92 Å². The number of likely N-dealkylation sites (tertiary alicyclic amines) is 1. The first-order valence-electron chi connectivity index (χ1n) is 7.13. The minimum absolute atomic E-state index is 0.0821. The van der Waals surface area contributed by atoms with E-state index in [4.69, 9.17) is 9.47 Å². The maximum atomic E-state index is 11.2. The molecule has 20 heavy (non-hydrogen) atoms. The van der Waals surface area contributed by atoms with E-state index in [0.29, 0.717) is 23.0 Å². The number of benzene rings is 1. The normalized spacial score (nSPS) is 18.6. The van der Waals surface area contributed by atoms with Crippen LogP contribution in [-0.2, 0) is 0 Å². The van der Waals surface area contributed by atoms with Crippen molar-refractivity contribution in [3.63, 3.8) is 0 Å². The molecular formula is C16H23NO3. The number of hydrogen-bond donors (Lipinski definition) is 0. The van der Waals surface area contributed by atoms with Crippen LogP contribution >= 0.6 is 0 Å². The fraction of sp³-hybridized carbons (Fsp3) is 0.562. The summed E-state index contributed by atoms with van der Waals surface area (Å²) in [6.07, 6.45) is 3.16. The molecule has 1 aromatic rings. The van der Waals surface area contributed by atoms with Crippen LogP contribution in [0.25, 0.3) is 0 Å². The van der Waals surface area contributed by atoms with Crippen LogP contribution in [0.3, 0.4) is 0 Å². The Kier molecular flexibility index (Phi) is 5.01. The van der Waals surface area contributed by atoms with Crippen LogP contribution in [0.15, 0.2) is 18.2 Å². The topological polar surface area (TPSA) is 38.8 Å². The zero-order valence-electron chi connectivity index (χ0n) is 12.5. The average Bonchev–Trinajstić information content (AvgIpc) is 2.48. The quantitative estimate of drug-likeness (QED) is 0.776. The van der Waals surface area contributed by atoms with Crippen LogP contribution < -0.4 is 9.47 Å². The Bertz CT molecular complexity index is 453. The third kappa shape index (κ3) is 3.31. The fourth-order valence-electron chi connectivity index (χ4n) is 2.69. The summed E-state index contributed by atoms with van der Waals surface area (Å²) < 4.78 is 11.4. The summed E-state index contributed by atoms with van der Waals surface area (Å²) in [4.78, 5) is 13.5. The number of carbonyl (C=O) groups is 1. The second-order valence-electron chi connectivity index (χ2n) is 5.46. The van der Waals surface area contributed by atoms with Gasteiger partial charge in [-0.05, 0) is 58.0 Å². The van der Waals surface area contributed by atoms with Gasteiger partial charge >= 0.3 is 0 Å². The van der Waals surface area contributed by atoms with E-state index < -0.39 is 0 Å². The van der Waals surface area contributed by atoms with Crippen LogP contribution in [-0.4, -0.2) is 44.5 Å². The van der Waals surface area contributed by atoms with Crippen LogP contribution in [0, 0.1) is 5.92 Å². The molecule has 1 aliphatic heterocycles. The first-order valence-corrected chi connectivity index (χ1v) is 7.13. The van der Waals surface area contributed by atoms with E-state index in [-0.39, 0.29) is 6.10 Å². The molecule has 0 N–H and O–H groups in total. The van der Waals surface area contributed by atoms with Gasteiger partial charge in [-0.3, -0.25) is 4.79 Å². The van der Waals surface area contributed by atoms with Gasteiger partial charge in [-0.1, -0.05) is 6.07 Å². The number of hydrogen-bond acceptors (Lipinski definition) is 4. The molecular weight excluding hydrogens is 254 g/mol. The predicted molar refractivity (Wildman–Crippen MR) is 78.7 cm³/mol. The van der Waals surface area contributed by atoms with Crippen molar-refractivity contribution >= 4 is 6.29 Å². The molecule has 1 heterocycles. The molecule has 4 nitrogen and oxygen atoms in total. The Morgan fingerprint density at radius 1 is 1.35 bits per heavy atom. The summed E-state index contributed by atoms with van der Waals surface area (Å²) in [6.45, 7) is 4.28. The molecule has 2 rings (SSSR count). The SMILES string of the molecule is COc1cccc(C=O)c1OC(C)C1CCN(C)CC1. The van der Waals surface area contributed by atoms with Crippen LogP contribution in [0.4, 0.5) is 0 Å². The minimum Gasteiger partial charge on any atom is -0.493 e. The highest BCUT2D eigenvalue weighted by atomic mass is 16.5. The van der Waals surface area contributed by atoms with Crippen molar-refractivity contribution in [3.8, 4) is 11.5 Å². The number of piperidine rings is 1. The van der Waals surface area contributed by atoms with Gasteiger partial charge in [0.2, 0.25) is 0 Å². The smallest absolute Gasteiger partial charge is 0.172 e. The fourth-order valence-corrected chi connectivity index (χ4v) is 2.69. The molecule has 1 aromatic carbocycles. The predicted octanol–water partition coefficient (Wildman–Crippen LogP) is 2.62. The highest BCUT2D eigenvalue weighted by molar-refractivity contribution is 5.81.